The van der Waals surface area contributed by atoms with Gasteiger partial charge < -0.3 is 14.4 Å². The van der Waals surface area contributed by atoms with Crippen LogP contribution < -0.4 is 4.74 Å². The molecule has 152 valence electrons. The Bertz CT molecular complexity index is 1120. The highest BCUT2D eigenvalue weighted by Crippen LogP contribution is 2.21. The van der Waals surface area contributed by atoms with Gasteiger partial charge >= 0.3 is 0 Å². The van der Waals surface area contributed by atoms with Gasteiger partial charge in [-0.05, 0) is 41.6 Å². The number of carbonyl (C=O) groups is 1. The van der Waals surface area contributed by atoms with Gasteiger partial charge in [0, 0.05) is 18.1 Å². The average Bonchev–Trinajstić information content (AvgIpc) is 3.20. The maximum atomic E-state index is 12.7. The second-order valence-corrected chi connectivity index (χ2v) is 7.40. The third-order valence-electron chi connectivity index (χ3n) is 5.19. The summed E-state index contributed by atoms with van der Waals surface area (Å²) >= 11 is 0. The topological polar surface area (TPSA) is 51.5 Å². The Morgan fingerprint density at radius 3 is 2.50 bits per heavy atom. The molecule has 0 aliphatic rings. The molecule has 0 saturated carbocycles. The van der Waals surface area contributed by atoms with E-state index in [1.165, 1.54) is 0 Å². The summed E-state index contributed by atoms with van der Waals surface area (Å²) in [6.45, 7) is 0.549. The van der Waals surface area contributed by atoms with Gasteiger partial charge in [-0.15, -0.1) is 0 Å². The zero-order chi connectivity index (χ0) is 20.8. The summed E-state index contributed by atoms with van der Waals surface area (Å²) in [5.74, 6) is 0.562. The third-order valence-corrected chi connectivity index (χ3v) is 5.19. The first-order valence-electron chi connectivity index (χ1n) is 10.2. The molecule has 3 aromatic carbocycles. The smallest absolute Gasteiger partial charge is 0.166 e. The number of hydrogen-bond donors (Lipinski definition) is 1. The Kier molecular flexibility index (Phi) is 6.26. The largest absolute Gasteiger partial charge is 0.490 e. The maximum Gasteiger partial charge on any atom is 0.166 e. The fraction of sp³-hybridized carbons (Fsp3) is 0.192. The average molecular weight is 399 g/mol. The van der Waals surface area contributed by atoms with Gasteiger partial charge in [0.2, 0.25) is 0 Å². The van der Waals surface area contributed by atoms with E-state index in [9.17, 15) is 9.90 Å². The number of Topliss-reactive ketones (excluding diaryl/α,β-unsaturated/α-hetero) is 1. The van der Waals surface area contributed by atoms with Crippen molar-refractivity contribution in [2.45, 2.75) is 25.5 Å². The molecule has 0 aliphatic heterocycles. The highest BCUT2D eigenvalue weighted by Gasteiger charge is 2.14. The number of aromatic nitrogens is 1. The van der Waals surface area contributed by atoms with Gasteiger partial charge in [-0.3, -0.25) is 4.79 Å². The Morgan fingerprint density at radius 1 is 0.900 bits per heavy atom. The predicted molar refractivity (Wildman–Crippen MR) is 119 cm³/mol. The molecular formula is C26H25NO3. The number of ether oxygens (including phenoxy) is 1. The summed E-state index contributed by atoms with van der Waals surface area (Å²) in [4.78, 5) is 12.7. The van der Waals surface area contributed by atoms with Crippen molar-refractivity contribution in [3.63, 3.8) is 0 Å². The fourth-order valence-corrected chi connectivity index (χ4v) is 3.63. The van der Waals surface area contributed by atoms with Crippen LogP contribution in [-0.2, 0) is 13.0 Å². The van der Waals surface area contributed by atoms with Gasteiger partial charge in [-0.25, -0.2) is 0 Å². The molecule has 0 amide bonds. The molecule has 0 radical (unpaired) electrons. The Balaban J connectivity index is 1.37. The third kappa shape index (κ3) is 4.78. The number of ketones is 1. The van der Waals surface area contributed by atoms with E-state index in [4.69, 9.17) is 4.74 Å². The molecule has 1 N–H and O–H groups in total. The van der Waals surface area contributed by atoms with Gasteiger partial charge in [-0.2, -0.15) is 0 Å². The van der Waals surface area contributed by atoms with Crippen molar-refractivity contribution < 1.29 is 14.6 Å². The molecule has 1 heterocycles. The molecule has 4 aromatic rings. The van der Waals surface area contributed by atoms with Crippen LogP contribution in [-0.4, -0.2) is 28.2 Å². The molecule has 1 unspecified atom stereocenters. The maximum absolute atomic E-state index is 12.7. The van der Waals surface area contributed by atoms with Crippen LogP contribution in [0.1, 0.15) is 22.3 Å². The summed E-state index contributed by atoms with van der Waals surface area (Å²) in [7, 11) is 0. The van der Waals surface area contributed by atoms with Gasteiger partial charge in [0.15, 0.2) is 5.78 Å². The molecule has 4 nitrogen and oxygen atoms in total. The minimum atomic E-state index is -0.687. The number of aliphatic hydroxyl groups excluding tert-OH is 1. The minimum Gasteiger partial charge on any atom is -0.490 e. The van der Waals surface area contributed by atoms with Crippen molar-refractivity contribution in [1.29, 1.82) is 0 Å². The minimum absolute atomic E-state index is 0.0420. The van der Waals surface area contributed by atoms with Gasteiger partial charge in [0.05, 0.1) is 12.1 Å². The number of nitrogens with zero attached hydrogens (tertiary/aromatic N) is 1. The van der Waals surface area contributed by atoms with Crippen LogP contribution in [0.4, 0.5) is 0 Å². The molecule has 4 rings (SSSR count). The number of fused-ring (bicyclic) bond motifs is 1. The van der Waals surface area contributed by atoms with Crippen LogP contribution in [0.5, 0.6) is 5.75 Å². The molecule has 0 fully saturated rings. The predicted octanol–water partition coefficient (Wildman–Crippen LogP) is 4.90. The lowest BCUT2D eigenvalue weighted by Crippen LogP contribution is -2.23. The second-order valence-electron chi connectivity index (χ2n) is 7.40. The van der Waals surface area contributed by atoms with Crippen LogP contribution >= 0.6 is 0 Å². The lowest BCUT2D eigenvalue weighted by atomic mass is 10.0. The summed E-state index contributed by atoms with van der Waals surface area (Å²) < 4.78 is 7.86. The van der Waals surface area contributed by atoms with Crippen molar-refractivity contribution in [1.82, 2.24) is 4.57 Å². The second kappa shape index (κ2) is 9.42. The van der Waals surface area contributed by atoms with Crippen molar-refractivity contribution in [2.24, 2.45) is 0 Å². The van der Waals surface area contributed by atoms with E-state index in [0.717, 1.165) is 16.5 Å². The van der Waals surface area contributed by atoms with Crippen LogP contribution in [0.25, 0.3) is 10.9 Å². The fourth-order valence-electron chi connectivity index (χ4n) is 3.63. The highest BCUT2D eigenvalue weighted by molar-refractivity contribution is 5.98. The quantitative estimate of drug-likeness (QED) is 0.408. The number of benzene rings is 3. The van der Waals surface area contributed by atoms with Crippen molar-refractivity contribution >= 4 is 16.7 Å². The standard InChI is InChI=1S/C26H25NO3/c28-22(18-27-17-16-21-10-4-6-12-24(21)27)19-30-26-13-7-5-11-23(26)25(29)15-14-20-8-2-1-3-9-20/h1-13,16-17,22,28H,14-15,18-19H2. The number of rotatable bonds is 9. The van der Waals surface area contributed by atoms with Crippen LogP contribution in [0, 0.1) is 0 Å². The Morgan fingerprint density at radius 2 is 1.63 bits per heavy atom. The first-order valence-corrected chi connectivity index (χ1v) is 10.2. The monoisotopic (exact) mass is 399 g/mol. The van der Waals surface area contributed by atoms with E-state index in [-0.39, 0.29) is 12.4 Å². The highest BCUT2D eigenvalue weighted by atomic mass is 16.5. The molecule has 1 aromatic heterocycles. The molecule has 0 spiro atoms. The van der Waals surface area contributed by atoms with Crippen LogP contribution in [0.3, 0.4) is 0 Å². The number of hydrogen-bond acceptors (Lipinski definition) is 3. The lowest BCUT2D eigenvalue weighted by molar-refractivity contribution is 0.0896. The zero-order valence-electron chi connectivity index (χ0n) is 16.8. The van der Waals surface area contributed by atoms with Crippen molar-refractivity contribution in [2.75, 3.05) is 6.61 Å². The molecule has 0 saturated heterocycles. The van der Waals surface area contributed by atoms with Crippen molar-refractivity contribution in [3.05, 3.63) is 102 Å². The van der Waals surface area contributed by atoms with Crippen LogP contribution in [0.15, 0.2) is 91.1 Å². The van der Waals surface area contributed by atoms with E-state index < -0.39 is 6.10 Å². The first-order chi connectivity index (χ1) is 14.7. The molecular weight excluding hydrogens is 374 g/mol. The Labute approximate surface area is 176 Å². The van der Waals surface area contributed by atoms with E-state index in [1.807, 2.05) is 83.6 Å². The van der Waals surface area contributed by atoms with E-state index in [0.29, 0.717) is 30.7 Å². The first kappa shape index (κ1) is 19.9. The Hall–Kier alpha value is -3.37. The van der Waals surface area contributed by atoms with Gasteiger partial charge in [0.1, 0.15) is 18.5 Å². The molecule has 30 heavy (non-hydrogen) atoms. The number of aliphatic hydroxyl groups is 1. The van der Waals surface area contributed by atoms with Crippen molar-refractivity contribution in [3.8, 4) is 5.75 Å². The molecule has 4 heteroatoms. The van der Waals surface area contributed by atoms with E-state index >= 15 is 0 Å². The van der Waals surface area contributed by atoms with E-state index in [2.05, 4.69) is 0 Å². The summed E-state index contributed by atoms with van der Waals surface area (Å²) in [6, 6.07) is 27.3. The number of para-hydroxylation sites is 2. The summed E-state index contributed by atoms with van der Waals surface area (Å²) in [5.41, 5.74) is 2.78. The zero-order valence-corrected chi connectivity index (χ0v) is 16.8. The normalized spacial score (nSPS) is 12.0. The molecule has 0 aliphatic carbocycles. The SMILES string of the molecule is O=C(CCc1ccccc1)c1ccccc1OCC(O)Cn1ccc2ccccc21. The molecule has 1 atom stereocenters. The van der Waals surface area contributed by atoms with Gasteiger partial charge in [-0.1, -0.05) is 60.7 Å². The summed E-state index contributed by atoms with van der Waals surface area (Å²) in [5, 5.41) is 11.6. The lowest BCUT2D eigenvalue weighted by Gasteiger charge is -2.16. The van der Waals surface area contributed by atoms with Gasteiger partial charge in [0.25, 0.3) is 0 Å². The molecule has 0 bridgehead atoms. The van der Waals surface area contributed by atoms with Crippen LogP contribution in [0.2, 0.25) is 0 Å². The van der Waals surface area contributed by atoms with E-state index in [1.54, 1.807) is 12.1 Å². The number of carbonyl (C=O) groups excluding carboxylic acids is 1. The summed E-state index contributed by atoms with van der Waals surface area (Å²) in [6.07, 6.45) is 2.39. The number of aryl methyl sites for hydroxylation is 1.